The summed E-state index contributed by atoms with van der Waals surface area (Å²) in [6.45, 7) is 4.53. The number of hydrogen-bond acceptors (Lipinski definition) is 3. The third-order valence-electron chi connectivity index (χ3n) is 3.26. The van der Waals surface area contributed by atoms with Gasteiger partial charge in [-0.1, -0.05) is 0 Å². The minimum absolute atomic E-state index is 0.284. The highest BCUT2D eigenvalue weighted by molar-refractivity contribution is 5.84. The molecule has 0 aromatic carbocycles. The summed E-state index contributed by atoms with van der Waals surface area (Å²) in [6, 6.07) is 2.42. The molecule has 3 N–H and O–H groups in total. The number of nitrogens with two attached hydrogens (primary N) is 1. The Morgan fingerprint density at radius 3 is 2.88 bits per heavy atom. The number of nitrogens with one attached hydrogen (secondary N) is 1. The maximum atomic E-state index is 11.5. The highest BCUT2D eigenvalue weighted by Crippen LogP contribution is 2.24. The average molecular weight is 236 g/mol. The van der Waals surface area contributed by atoms with Crippen molar-refractivity contribution in [2.45, 2.75) is 51.2 Å². The summed E-state index contributed by atoms with van der Waals surface area (Å²) >= 11 is 0. The van der Waals surface area contributed by atoms with Crippen LogP contribution in [-0.2, 0) is 11.3 Å². The van der Waals surface area contributed by atoms with Gasteiger partial charge in [0, 0.05) is 18.8 Å². The van der Waals surface area contributed by atoms with E-state index >= 15 is 0 Å². The molecular weight excluding hydrogens is 216 g/mol. The minimum atomic E-state index is -0.624. The first kappa shape index (κ1) is 12.1. The standard InChI is InChI=1S/C12H20N4O/c1-9-5-7-16(15-9)8-6-12(2,11(13)17)14-10-3-4-10/h5,7,10,14H,3-4,6,8H2,1-2H3,(H2,13,17). The third-order valence-corrected chi connectivity index (χ3v) is 3.26. The van der Waals surface area contributed by atoms with Crippen molar-refractivity contribution in [3.63, 3.8) is 0 Å². The fraction of sp³-hybridized carbons (Fsp3) is 0.667. The van der Waals surface area contributed by atoms with Crippen LogP contribution in [0, 0.1) is 6.92 Å². The molecule has 1 aromatic rings. The first-order chi connectivity index (χ1) is 7.99. The van der Waals surface area contributed by atoms with Crippen molar-refractivity contribution in [2.75, 3.05) is 0 Å². The largest absolute Gasteiger partial charge is 0.368 e. The second-order valence-corrected chi connectivity index (χ2v) is 5.09. The first-order valence-electron chi connectivity index (χ1n) is 6.07. The number of carbonyl (C=O) groups excluding carboxylic acids is 1. The van der Waals surface area contributed by atoms with Gasteiger partial charge in [0.2, 0.25) is 5.91 Å². The molecule has 1 aliphatic carbocycles. The van der Waals surface area contributed by atoms with E-state index in [1.54, 1.807) is 0 Å². The second-order valence-electron chi connectivity index (χ2n) is 5.09. The summed E-state index contributed by atoms with van der Waals surface area (Å²) in [5, 5.41) is 7.63. The summed E-state index contributed by atoms with van der Waals surface area (Å²) in [7, 11) is 0. The zero-order valence-corrected chi connectivity index (χ0v) is 10.4. The lowest BCUT2D eigenvalue weighted by molar-refractivity contribution is -0.124. The molecule has 1 atom stereocenters. The molecule has 2 rings (SSSR count). The van der Waals surface area contributed by atoms with Crippen LogP contribution in [0.25, 0.3) is 0 Å². The molecule has 17 heavy (non-hydrogen) atoms. The van der Waals surface area contributed by atoms with Gasteiger partial charge in [0.05, 0.1) is 11.2 Å². The van der Waals surface area contributed by atoms with Crippen molar-refractivity contribution in [2.24, 2.45) is 5.73 Å². The fourth-order valence-corrected chi connectivity index (χ4v) is 1.87. The lowest BCUT2D eigenvalue weighted by atomic mass is 9.96. The molecule has 1 aromatic heterocycles. The molecule has 5 nitrogen and oxygen atoms in total. The highest BCUT2D eigenvalue weighted by Gasteiger charge is 2.36. The van der Waals surface area contributed by atoms with Crippen molar-refractivity contribution < 1.29 is 4.79 Å². The van der Waals surface area contributed by atoms with Gasteiger partial charge in [-0.05, 0) is 39.2 Å². The number of rotatable bonds is 6. The maximum Gasteiger partial charge on any atom is 0.237 e. The van der Waals surface area contributed by atoms with Gasteiger partial charge >= 0.3 is 0 Å². The predicted octanol–water partition coefficient (Wildman–Crippen LogP) is 0.578. The lowest BCUT2D eigenvalue weighted by Crippen LogP contribution is -2.54. The minimum Gasteiger partial charge on any atom is -0.368 e. The molecule has 0 spiro atoms. The van der Waals surface area contributed by atoms with Gasteiger partial charge in [-0.15, -0.1) is 0 Å². The number of nitrogens with zero attached hydrogens (tertiary/aromatic N) is 2. The number of aromatic nitrogens is 2. The van der Waals surface area contributed by atoms with Crippen LogP contribution in [-0.4, -0.2) is 27.3 Å². The van der Waals surface area contributed by atoms with Gasteiger partial charge in [-0.25, -0.2) is 0 Å². The van der Waals surface area contributed by atoms with Gasteiger partial charge < -0.3 is 11.1 Å². The molecule has 0 saturated heterocycles. The van der Waals surface area contributed by atoms with Crippen LogP contribution in [0.3, 0.4) is 0 Å². The summed E-state index contributed by atoms with van der Waals surface area (Å²) in [6.07, 6.45) is 4.88. The molecule has 0 aliphatic heterocycles. The molecule has 0 bridgehead atoms. The predicted molar refractivity (Wildman–Crippen MR) is 65.3 cm³/mol. The Morgan fingerprint density at radius 1 is 1.71 bits per heavy atom. The topological polar surface area (TPSA) is 72.9 Å². The first-order valence-corrected chi connectivity index (χ1v) is 6.07. The van der Waals surface area contributed by atoms with E-state index in [0.717, 1.165) is 18.5 Å². The highest BCUT2D eigenvalue weighted by atomic mass is 16.1. The van der Waals surface area contributed by atoms with Crippen molar-refractivity contribution in [1.82, 2.24) is 15.1 Å². The van der Waals surface area contributed by atoms with E-state index in [-0.39, 0.29) is 5.91 Å². The molecule has 1 saturated carbocycles. The zero-order chi connectivity index (χ0) is 12.5. The summed E-state index contributed by atoms with van der Waals surface area (Å²) in [4.78, 5) is 11.5. The maximum absolute atomic E-state index is 11.5. The molecular formula is C12H20N4O. The van der Waals surface area contributed by atoms with Crippen LogP contribution in [0.15, 0.2) is 12.3 Å². The van der Waals surface area contributed by atoms with Gasteiger partial charge in [-0.3, -0.25) is 9.48 Å². The molecule has 0 radical (unpaired) electrons. The van der Waals surface area contributed by atoms with Crippen LogP contribution in [0.1, 0.15) is 31.9 Å². The Kier molecular flexibility index (Phi) is 3.19. The van der Waals surface area contributed by atoms with E-state index in [0.29, 0.717) is 19.0 Å². The normalized spacial score (nSPS) is 18.9. The van der Waals surface area contributed by atoms with Crippen LogP contribution < -0.4 is 11.1 Å². The Hall–Kier alpha value is -1.36. The van der Waals surface area contributed by atoms with E-state index in [9.17, 15) is 4.79 Å². The van der Waals surface area contributed by atoms with Crippen LogP contribution >= 0.6 is 0 Å². The molecule has 5 heteroatoms. The molecule has 94 valence electrons. The van der Waals surface area contributed by atoms with Gasteiger partial charge in [0.25, 0.3) is 0 Å². The monoisotopic (exact) mass is 236 g/mol. The summed E-state index contributed by atoms with van der Waals surface area (Å²) < 4.78 is 1.85. The van der Waals surface area contributed by atoms with Gasteiger partial charge in [-0.2, -0.15) is 5.10 Å². The van der Waals surface area contributed by atoms with Crippen molar-refractivity contribution in [3.8, 4) is 0 Å². The molecule has 1 unspecified atom stereocenters. The zero-order valence-electron chi connectivity index (χ0n) is 10.4. The van der Waals surface area contributed by atoms with E-state index < -0.39 is 5.54 Å². The smallest absolute Gasteiger partial charge is 0.237 e. The number of primary amides is 1. The number of amides is 1. The van der Waals surface area contributed by atoms with Crippen molar-refractivity contribution in [1.29, 1.82) is 0 Å². The number of hydrogen-bond donors (Lipinski definition) is 2. The van der Waals surface area contributed by atoms with E-state index in [4.69, 9.17) is 5.73 Å². The van der Waals surface area contributed by atoms with Gasteiger partial charge in [0.15, 0.2) is 0 Å². The summed E-state index contributed by atoms with van der Waals surface area (Å²) in [5.74, 6) is -0.284. The van der Waals surface area contributed by atoms with E-state index in [2.05, 4.69) is 10.4 Å². The van der Waals surface area contributed by atoms with E-state index in [1.807, 2.05) is 30.8 Å². The van der Waals surface area contributed by atoms with Crippen LogP contribution in [0.5, 0.6) is 0 Å². The summed E-state index contributed by atoms with van der Waals surface area (Å²) in [5.41, 5.74) is 5.85. The van der Waals surface area contributed by atoms with Gasteiger partial charge in [0.1, 0.15) is 0 Å². The second kappa shape index (κ2) is 4.49. The Labute approximate surface area is 101 Å². The average Bonchev–Trinajstić information content (AvgIpc) is 2.96. The van der Waals surface area contributed by atoms with Crippen LogP contribution in [0.4, 0.5) is 0 Å². The Bertz CT molecular complexity index is 410. The fourth-order valence-electron chi connectivity index (χ4n) is 1.87. The van der Waals surface area contributed by atoms with E-state index in [1.165, 1.54) is 0 Å². The molecule has 1 aliphatic rings. The number of aryl methyl sites for hydroxylation is 2. The van der Waals surface area contributed by atoms with Crippen molar-refractivity contribution >= 4 is 5.91 Å². The lowest BCUT2D eigenvalue weighted by Gasteiger charge is -2.27. The Morgan fingerprint density at radius 2 is 2.41 bits per heavy atom. The Balaban J connectivity index is 1.95. The molecule has 1 heterocycles. The molecule has 1 fully saturated rings. The molecule has 1 amide bonds. The third kappa shape index (κ3) is 3.06. The van der Waals surface area contributed by atoms with Crippen molar-refractivity contribution in [3.05, 3.63) is 18.0 Å². The SMILES string of the molecule is Cc1ccn(CCC(C)(NC2CC2)C(N)=O)n1. The van der Waals surface area contributed by atoms with Crippen LogP contribution in [0.2, 0.25) is 0 Å². The number of carbonyl (C=O) groups is 1. The quantitative estimate of drug-likeness (QED) is 0.758.